The van der Waals surface area contributed by atoms with Gasteiger partial charge in [0.15, 0.2) is 24.0 Å². The average molecular weight is 400 g/mol. The van der Waals surface area contributed by atoms with E-state index < -0.39 is 31.8 Å². The van der Waals surface area contributed by atoms with Crippen LogP contribution in [0.25, 0.3) is 0 Å². The number of carbonyl (C=O) groups is 1. The summed E-state index contributed by atoms with van der Waals surface area (Å²) >= 11 is 5.55. The molecule has 144 valence electrons. The molecule has 0 saturated heterocycles. The number of halogens is 2. The van der Waals surface area contributed by atoms with Crippen LogP contribution in [-0.4, -0.2) is 36.0 Å². The Morgan fingerprint density at radius 3 is 2.40 bits per heavy atom. The molecule has 10 heteroatoms. The zero-order valence-electron chi connectivity index (χ0n) is 14.8. The highest BCUT2D eigenvalue weighted by Crippen LogP contribution is 2.46. The molecule has 1 aromatic carbocycles. The van der Waals surface area contributed by atoms with Crippen molar-refractivity contribution in [2.24, 2.45) is 5.73 Å². The first kappa shape index (κ1) is 23.8. The van der Waals surface area contributed by atoms with Crippen LogP contribution >= 0.6 is 19.2 Å². The lowest BCUT2D eigenvalue weighted by Gasteiger charge is -2.17. The molecule has 2 atom stereocenters. The first-order valence-electron chi connectivity index (χ1n) is 7.20. The van der Waals surface area contributed by atoms with Crippen molar-refractivity contribution in [1.82, 2.24) is 0 Å². The number of benzene rings is 1. The highest BCUT2D eigenvalue weighted by Gasteiger charge is 2.30. The van der Waals surface area contributed by atoms with Gasteiger partial charge in [0, 0.05) is 17.7 Å². The first-order valence-corrected chi connectivity index (χ1v) is 9.23. The topological polar surface area (TPSA) is 108 Å². The number of esters is 1. The molecule has 0 radical (unpaired) electrons. The molecule has 25 heavy (non-hydrogen) atoms. The largest absolute Gasteiger partial charge is 0.479 e. The highest BCUT2D eigenvalue weighted by atomic mass is 35.5. The third-order valence-electron chi connectivity index (χ3n) is 2.26. The van der Waals surface area contributed by atoms with Crippen molar-refractivity contribution in [2.45, 2.75) is 39.1 Å². The molecule has 7 nitrogen and oxygen atoms in total. The molecule has 0 aromatic heterocycles. The number of ether oxygens (including phenoxy) is 2. The van der Waals surface area contributed by atoms with E-state index in [0.717, 1.165) is 13.2 Å². The predicted molar refractivity (Wildman–Crippen MR) is 93.2 cm³/mol. The van der Waals surface area contributed by atoms with Crippen LogP contribution in [0.5, 0.6) is 5.75 Å². The molecule has 2 unspecified atom stereocenters. The minimum absolute atomic E-state index is 0. The Hall–Kier alpha value is -1.18. The molecular weight excluding hydrogens is 376 g/mol. The molecule has 1 aromatic rings. The molecule has 0 bridgehead atoms. The maximum absolute atomic E-state index is 13.3. The summed E-state index contributed by atoms with van der Waals surface area (Å²) in [4.78, 5) is 20.6. The van der Waals surface area contributed by atoms with Crippen molar-refractivity contribution in [3.63, 3.8) is 0 Å². The number of rotatable bonds is 6. The van der Waals surface area contributed by atoms with E-state index in [4.69, 9.17) is 22.1 Å². The van der Waals surface area contributed by atoms with Crippen molar-refractivity contribution < 1.29 is 32.6 Å². The molecule has 3 N–H and O–H groups in total. The molecule has 0 fully saturated rings. The summed E-state index contributed by atoms with van der Waals surface area (Å²) in [6, 6.07) is 3.67. The van der Waals surface area contributed by atoms with Crippen LogP contribution in [0.2, 0.25) is 5.02 Å². The molecule has 0 spiro atoms. The molecule has 0 amide bonds. The van der Waals surface area contributed by atoms with Crippen LogP contribution in [0.1, 0.15) is 27.7 Å². The van der Waals surface area contributed by atoms with Gasteiger partial charge < -0.3 is 24.6 Å². The van der Waals surface area contributed by atoms with E-state index in [0.29, 0.717) is 0 Å². The molecule has 0 aliphatic carbocycles. The normalized spacial score (nSPS) is 14.6. The SMILES string of the molecule is CC(C)(C)N.COP(=O)(O)C(C)OC(=O)COc1ccc(Cl)cc1F. The van der Waals surface area contributed by atoms with Gasteiger partial charge in [-0.2, -0.15) is 0 Å². The second-order valence-electron chi connectivity index (χ2n) is 6.07. The molecule has 0 saturated carbocycles. The fourth-order valence-electron chi connectivity index (χ4n) is 1.17. The lowest BCUT2D eigenvalue weighted by atomic mass is 10.1. The molecule has 0 heterocycles. The highest BCUT2D eigenvalue weighted by molar-refractivity contribution is 7.53. The minimum Gasteiger partial charge on any atom is -0.479 e. The van der Waals surface area contributed by atoms with Gasteiger partial charge in [0.1, 0.15) is 0 Å². The summed E-state index contributed by atoms with van der Waals surface area (Å²) in [7, 11) is -3.00. The van der Waals surface area contributed by atoms with E-state index in [-0.39, 0.29) is 16.3 Å². The molecule has 1 rings (SSSR count). The van der Waals surface area contributed by atoms with Gasteiger partial charge in [0.2, 0.25) is 0 Å². The zero-order chi connectivity index (χ0) is 19.8. The Kier molecular flexibility index (Phi) is 9.61. The first-order chi connectivity index (χ1) is 11.3. The second kappa shape index (κ2) is 10.1. The number of hydrogen-bond acceptors (Lipinski definition) is 6. The van der Waals surface area contributed by atoms with E-state index in [2.05, 4.69) is 9.26 Å². The minimum atomic E-state index is -4.02. The van der Waals surface area contributed by atoms with E-state index >= 15 is 0 Å². The van der Waals surface area contributed by atoms with Crippen molar-refractivity contribution in [1.29, 1.82) is 0 Å². The number of carbonyl (C=O) groups excluding carboxylic acids is 1. The van der Waals surface area contributed by atoms with Crippen molar-refractivity contribution in [3.8, 4) is 5.75 Å². The maximum atomic E-state index is 13.3. The zero-order valence-corrected chi connectivity index (χ0v) is 16.4. The summed E-state index contributed by atoms with van der Waals surface area (Å²) in [5.74, 6) is -3.20. The number of hydrogen-bond donors (Lipinski definition) is 2. The Balaban J connectivity index is 0.00000101. The Labute approximate surface area is 151 Å². The Morgan fingerprint density at radius 2 is 1.96 bits per heavy atom. The van der Waals surface area contributed by atoms with E-state index in [1.807, 2.05) is 20.8 Å². The summed E-state index contributed by atoms with van der Waals surface area (Å²) in [5, 5.41) is 0.187. The van der Waals surface area contributed by atoms with Crippen LogP contribution in [0.15, 0.2) is 18.2 Å². The predicted octanol–water partition coefficient (Wildman–Crippen LogP) is 3.32. The lowest BCUT2D eigenvalue weighted by molar-refractivity contribution is -0.148. The fourth-order valence-corrected chi connectivity index (χ4v) is 1.87. The van der Waals surface area contributed by atoms with E-state index in [9.17, 15) is 18.6 Å². The fraction of sp³-hybridized carbons (Fsp3) is 0.533. The van der Waals surface area contributed by atoms with Crippen molar-refractivity contribution >= 4 is 25.2 Å². The third-order valence-corrected chi connectivity index (χ3v) is 4.05. The van der Waals surface area contributed by atoms with Gasteiger partial charge in [-0.1, -0.05) is 11.6 Å². The summed E-state index contributed by atoms with van der Waals surface area (Å²) < 4.78 is 38.5. The summed E-state index contributed by atoms with van der Waals surface area (Å²) in [5.41, 5.74) is 5.35. The van der Waals surface area contributed by atoms with Crippen LogP contribution < -0.4 is 10.5 Å². The second-order valence-corrected chi connectivity index (χ2v) is 8.72. The molecular formula is C15H24ClFNO6P. The quantitative estimate of drug-likeness (QED) is 0.558. The van der Waals surface area contributed by atoms with Gasteiger partial charge in [-0.25, -0.2) is 9.18 Å². The van der Waals surface area contributed by atoms with Gasteiger partial charge >= 0.3 is 13.6 Å². The van der Waals surface area contributed by atoms with E-state index in [1.165, 1.54) is 19.1 Å². The van der Waals surface area contributed by atoms with Gasteiger partial charge in [-0.3, -0.25) is 4.57 Å². The standard InChI is InChI=1S/C11H13ClFO6P.C4H11N/c1-7(20(15,16)17-2)19-11(14)6-18-10-4-3-8(12)5-9(10)13;1-4(2,3)5/h3-5,7H,6H2,1-2H3,(H,15,16);5H2,1-3H3. The van der Waals surface area contributed by atoms with Gasteiger partial charge in [-0.05, 0) is 45.9 Å². The molecule has 0 aliphatic rings. The van der Waals surface area contributed by atoms with Crippen LogP contribution in [-0.2, 0) is 18.6 Å². The smallest absolute Gasteiger partial charge is 0.367 e. The Bertz CT molecular complexity index is 617. The van der Waals surface area contributed by atoms with Crippen LogP contribution in [0.3, 0.4) is 0 Å². The average Bonchev–Trinajstić information content (AvgIpc) is 2.44. The lowest BCUT2D eigenvalue weighted by Crippen LogP contribution is -2.26. The third kappa shape index (κ3) is 11.1. The van der Waals surface area contributed by atoms with Gasteiger partial charge in [0.05, 0.1) is 0 Å². The number of nitrogens with two attached hydrogens (primary N) is 1. The van der Waals surface area contributed by atoms with Crippen LogP contribution in [0.4, 0.5) is 4.39 Å². The van der Waals surface area contributed by atoms with Gasteiger partial charge in [-0.15, -0.1) is 0 Å². The van der Waals surface area contributed by atoms with Crippen molar-refractivity contribution in [3.05, 3.63) is 29.0 Å². The van der Waals surface area contributed by atoms with Crippen LogP contribution in [0, 0.1) is 5.82 Å². The Morgan fingerprint density at radius 1 is 1.44 bits per heavy atom. The van der Waals surface area contributed by atoms with E-state index in [1.54, 1.807) is 0 Å². The summed E-state index contributed by atoms with van der Waals surface area (Å²) in [6.07, 6.45) is 0. The summed E-state index contributed by atoms with van der Waals surface area (Å²) in [6.45, 7) is 6.48. The molecule has 0 aliphatic heterocycles. The van der Waals surface area contributed by atoms with Gasteiger partial charge in [0.25, 0.3) is 0 Å². The monoisotopic (exact) mass is 399 g/mol. The van der Waals surface area contributed by atoms with Crippen molar-refractivity contribution in [2.75, 3.05) is 13.7 Å². The maximum Gasteiger partial charge on any atom is 0.367 e.